The predicted molar refractivity (Wildman–Crippen MR) is 138 cm³/mol. The van der Waals surface area contributed by atoms with Crippen LogP contribution in [0, 0.1) is 0 Å². The molecule has 0 radical (unpaired) electrons. The van der Waals surface area contributed by atoms with E-state index in [1.54, 1.807) is 24.3 Å². The van der Waals surface area contributed by atoms with Gasteiger partial charge < -0.3 is 20.4 Å². The average molecular weight is 535 g/mol. The second-order valence-electron chi connectivity index (χ2n) is 8.04. The van der Waals surface area contributed by atoms with E-state index in [1.165, 1.54) is 54.6 Å². The highest BCUT2D eigenvalue weighted by molar-refractivity contribution is 7.86. The van der Waals surface area contributed by atoms with Crippen LogP contribution in [0.4, 0.5) is 22.7 Å². The fraction of sp³-hybridized carbons (Fsp3) is 0.0769. The fourth-order valence-electron chi connectivity index (χ4n) is 3.49. The molecule has 0 heterocycles. The Balaban J connectivity index is 1.59. The van der Waals surface area contributed by atoms with Gasteiger partial charge in [0.1, 0.15) is 16.4 Å². The second-order valence-corrected chi connectivity index (χ2v) is 9.43. The van der Waals surface area contributed by atoms with Crippen molar-refractivity contribution in [1.29, 1.82) is 0 Å². The van der Waals surface area contributed by atoms with Crippen LogP contribution in [-0.2, 0) is 23.3 Å². The fourth-order valence-corrected chi connectivity index (χ4v) is 4.22. The minimum absolute atomic E-state index is 0.0471. The lowest BCUT2D eigenvalue weighted by atomic mass is 10.0. The third kappa shape index (κ3) is 6.25. The number of rotatable bonds is 8. The summed E-state index contributed by atoms with van der Waals surface area (Å²) in [5, 5.41) is 54.0. The number of azo groups is 2. The topological polar surface area (TPSA) is 185 Å². The maximum absolute atomic E-state index is 12.1. The zero-order valence-corrected chi connectivity index (χ0v) is 20.5. The Labute approximate surface area is 217 Å². The van der Waals surface area contributed by atoms with Gasteiger partial charge in [-0.2, -0.15) is 28.9 Å². The minimum Gasteiger partial charge on any atom is -0.508 e. The van der Waals surface area contributed by atoms with Crippen LogP contribution in [0.5, 0.6) is 11.5 Å². The van der Waals surface area contributed by atoms with Crippen LogP contribution in [0.2, 0.25) is 0 Å². The SMILES string of the molecule is O=S(=O)(O)c1cc(N=Nc2ccc(O)c(CO)c2)ccc1-c1ccc(N=Nc2ccc(O)c(CO)c2)cc1. The molecule has 4 aromatic carbocycles. The summed E-state index contributed by atoms with van der Waals surface area (Å²) in [5.74, 6) is -0.137. The normalized spacial score (nSPS) is 12.0. The summed E-state index contributed by atoms with van der Waals surface area (Å²) in [6, 6.07) is 19.3. The number of aromatic hydroxyl groups is 2. The standard InChI is InChI=1S/C26H22N4O7S/c31-14-17-11-20(6-9-24(17)33)28-27-19-3-1-16(2-4-19)23-8-5-22(13-26(23)38(35,36)37)30-29-21-7-10-25(34)18(12-21)15-32/h1-13,31-34H,14-15H2,(H,35,36,37). The lowest BCUT2D eigenvalue weighted by Crippen LogP contribution is -2.00. The first-order chi connectivity index (χ1) is 18.2. The van der Waals surface area contributed by atoms with Crippen molar-refractivity contribution >= 4 is 32.9 Å². The molecule has 0 aliphatic rings. The van der Waals surface area contributed by atoms with Crippen molar-refractivity contribution in [2.45, 2.75) is 18.1 Å². The van der Waals surface area contributed by atoms with Crippen LogP contribution >= 0.6 is 0 Å². The highest BCUT2D eigenvalue weighted by atomic mass is 32.2. The molecule has 0 bridgehead atoms. The number of aliphatic hydroxyl groups is 2. The zero-order chi connectivity index (χ0) is 27.3. The van der Waals surface area contributed by atoms with Gasteiger partial charge >= 0.3 is 0 Å². The molecule has 0 fully saturated rings. The molecule has 5 N–H and O–H groups in total. The van der Waals surface area contributed by atoms with E-state index in [0.717, 1.165) is 0 Å². The molecule has 0 saturated carbocycles. The van der Waals surface area contributed by atoms with Gasteiger partial charge in [-0.1, -0.05) is 18.2 Å². The van der Waals surface area contributed by atoms with Crippen LogP contribution in [-0.4, -0.2) is 33.4 Å². The predicted octanol–water partition coefficient (Wildman–Crippen LogP) is 5.83. The maximum Gasteiger partial charge on any atom is 0.295 e. The molecule has 38 heavy (non-hydrogen) atoms. The van der Waals surface area contributed by atoms with E-state index in [4.69, 9.17) is 0 Å². The lowest BCUT2D eigenvalue weighted by molar-refractivity contribution is 0.275. The van der Waals surface area contributed by atoms with Crippen molar-refractivity contribution in [3.8, 4) is 22.6 Å². The Kier molecular flexibility index (Phi) is 7.88. The van der Waals surface area contributed by atoms with E-state index in [9.17, 15) is 33.4 Å². The summed E-state index contributed by atoms with van der Waals surface area (Å²) in [4.78, 5) is -0.370. The molecule has 4 rings (SSSR count). The van der Waals surface area contributed by atoms with Crippen LogP contribution in [0.3, 0.4) is 0 Å². The van der Waals surface area contributed by atoms with Gasteiger partial charge in [0.05, 0.1) is 36.0 Å². The van der Waals surface area contributed by atoms with Crippen molar-refractivity contribution in [2.75, 3.05) is 0 Å². The summed E-state index contributed by atoms with van der Waals surface area (Å²) >= 11 is 0. The van der Waals surface area contributed by atoms with Gasteiger partial charge in [0.15, 0.2) is 0 Å². The molecule has 0 atom stereocenters. The number of aliphatic hydroxyl groups excluding tert-OH is 2. The van der Waals surface area contributed by atoms with Crippen LogP contribution in [0.25, 0.3) is 11.1 Å². The first-order valence-corrected chi connectivity index (χ1v) is 12.5. The third-order valence-corrected chi connectivity index (χ3v) is 6.34. The van der Waals surface area contributed by atoms with Gasteiger partial charge in [-0.05, 0) is 66.2 Å². The average Bonchev–Trinajstić information content (AvgIpc) is 2.92. The molecule has 0 spiro atoms. The van der Waals surface area contributed by atoms with Gasteiger partial charge in [-0.25, -0.2) is 0 Å². The second kappa shape index (κ2) is 11.3. The van der Waals surface area contributed by atoms with Gasteiger partial charge in [-0.3, -0.25) is 4.55 Å². The Bertz CT molecular complexity index is 1640. The van der Waals surface area contributed by atoms with Crippen molar-refractivity contribution < 1.29 is 33.4 Å². The van der Waals surface area contributed by atoms with Crippen molar-refractivity contribution in [3.63, 3.8) is 0 Å². The smallest absolute Gasteiger partial charge is 0.295 e. The van der Waals surface area contributed by atoms with E-state index >= 15 is 0 Å². The highest BCUT2D eigenvalue weighted by Crippen LogP contribution is 2.33. The minimum atomic E-state index is -4.62. The van der Waals surface area contributed by atoms with Crippen LogP contribution in [0.1, 0.15) is 11.1 Å². The van der Waals surface area contributed by atoms with Gasteiger partial charge in [0.2, 0.25) is 0 Å². The Morgan fingerprint density at radius 1 is 0.579 bits per heavy atom. The third-order valence-electron chi connectivity index (χ3n) is 5.45. The van der Waals surface area contributed by atoms with E-state index in [-0.39, 0.29) is 39.8 Å². The van der Waals surface area contributed by atoms with E-state index in [2.05, 4.69) is 20.5 Å². The Morgan fingerprint density at radius 2 is 1.00 bits per heavy atom. The molecular formula is C26H22N4O7S. The van der Waals surface area contributed by atoms with E-state index in [0.29, 0.717) is 28.2 Å². The molecular weight excluding hydrogens is 512 g/mol. The van der Waals surface area contributed by atoms with Gasteiger partial charge in [0, 0.05) is 16.7 Å². The monoisotopic (exact) mass is 534 g/mol. The molecule has 0 aliphatic heterocycles. The van der Waals surface area contributed by atoms with E-state index < -0.39 is 16.7 Å². The maximum atomic E-state index is 12.1. The van der Waals surface area contributed by atoms with Gasteiger partial charge in [-0.15, -0.1) is 0 Å². The molecule has 0 unspecified atom stereocenters. The number of nitrogens with zero attached hydrogens (tertiary/aromatic N) is 4. The first kappa shape index (κ1) is 26.6. The van der Waals surface area contributed by atoms with Crippen molar-refractivity contribution in [3.05, 3.63) is 90.0 Å². The molecule has 194 valence electrons. The molecule has 0 aliphatic carbocycles. The summed E-state index contributed by atoms with van der Waals surface area (Å²) in [5.41, 5.74) is 2.66. The quantitative estimate of drug-likeness (QED) is 0.139. The molecule has 0 saturated heterocycles. The molecule has 4 aromatic rings. The summed E-state index contributed by atoms with van der Waals surface area (Å²) < 4.78 is 34.1. The molecule has 11 nitrogen and oxygen atoms in total. The zero-order valence-electron chi connectivity index (χ0n) is 19.7. The lowest BCUT2D eigenvalue weighted by Gasteiger charge is -2.08. The Morgan fingerprint density at radius 3 is 1.47 bits per heavy atom. The summed E-state index contributed by atoms with van der Waals surface area (Å²) in [6.45, 7) is -0.736. The Hall–Kier alpha value is -4.49. The largest absolute Gasteiger partial charge is 0.508 e. The van der Waals surface area contributed by atoms with Crippen molar-refractivity contribution in [1.82, 2.24) is 0 Å². The summed E-state index contributed by atoms with van der Waals surface area (Å²) in [7, 11) is -4.62. The first-order valence-electron chi connectivity index (χ1n) is 11.1. The van der Waals surface area contributed by atoms with Gasteiger partial charge in [0.25, 0.3) is 10.1 Å². The van der Waals surface area contributed by atoms with Crippen LogP contribution < -0.4 is 0 Å². The number of hydrogen-bond donors (Lipinski definition) is 5. The number of benzene rings is 4. The van der Waals surface area contributed by atoms with Crippen molar-refractivity contribution in [2.24, 2.45) is 20.5 Å². The molecule has 0 amide bonds. The molecule has 12 heteroatoms. The highest BCUT2D eigenvalue weighted by Gasteiger charge is 2.18. The number of phenols is 2. The van der Waals surface area contributed by atoms with Crippen LogP contribution in [0.15, 0.2) is 104 Å². The molecule has 0 aromatic heterocycles. The summed E-state index contributed by atoms with van der Waals surface area (Å²) in [6.07, 6.45) is 0. The van der Waals surface area contributed by atoms with E-state index in [1.807, 2.05) is 0 Å². The number of hydrogen-bond acceptors (Lipinski definition) is 10.